The highest BCUT2D eigenvalue weighted by Crippen LogP contribution is 2.02. The van der Waals surface area contributed by atoms with Crippen molar-refractivity contribution in [2.24, 2.45) is 23.7 Å². The molecule has 0 rings (SSSR count). The Labute approximate surface area is 194 Å². The van der Waals surface area contributed by atoms with Gasteiger partial charge in [-0.05, 0) is 30.6 Å². The van der Waals surface area contributed by atoms with E-state index in [4.69, 9.17) is 0 Å². The van der Waals surface area contributed by atoms with Crippen molar-refractivity contribution >= 4 is 5.97 Å². The fourth-order valence-electron chi connectivity index (χ4n) is 2.51. The monoisotopic (exact) mass is 432 g/mol. The lowest BCUT2D eigenvalue weighted by Crippen LogP contribution is -1.95. The second-order valence-corrected chi connectivity index (χ2v) is 9.65. The number of carbonyl (C=O) groups excluding carboxylic acids is 1. The molecule has 2 heteroatoms. The predicted octanol–water partition coefficient (Wildman–Crippen LogP) is 10.3. The topological polar surface area (TPSA) is 26.3 Å². The van der Waals surface area contributed by atoms with Crippen LogP contribution in [0.2, 0.25) is 0 Å². The lowest BCUT2D eigenvalue weighted by molar-refractivity contribution is -0.140. The maximum absolute atomic E-state index is 9.82. The largest absolute Gasteiger partial charge is 0.466 e. The fraction of sp³-hybridized carbons (Fsp3) is 0.964. The summed E-state index contributed by atoms with van der Waals surface area (Å²) >= 11 is 0. The van der Waals surface area contributed by atoms with E-state index in [1.165, 1.54) is 58.3 Å². The van der Waals surface area contributed by atoms with Crippen LogP contribution in [-0.2, 0) is 9.53 Å². The highest BCUT2D eigenvalue weighted by Gasteiger charge is 1.87. The molecule has 30 heavy (non-hydrogen) atoms. The summed E-state index contributed by atoms with van der Waals surface area (Å²) in [4.78, 5) is 9.82. The van der Waals surface area contributed by atoms with Gasteiger partial charge >= 0.3 is 5.97 Å². The summed E-state index contributed by atoms with van der Waals surface area (Å²) in [6, 6.07) is 0. The maximum Gasteiger partial charge on any atom is 0.302 e. The zero-order chi connectivity index (χ0) is 25.0. The molecule has 0 aliphatic heterocycles. The van der Waals surface area contributed by atoms with Gasteiger partial charge in [-0.25, -0.2) is 0 Å². The van der Waals surface area contributed by atoms with Gasteiger partial charge in [-0.15, -0.1) is 0 Å². The van der Waals surface area contributed by atoms with Crippen LogP contribution in [0.15, 0.2) is 0 Å². The standard InChI is InChI=1S/4C6H14.C4H8O2/c4*1-4-5-6(2)3;1-3-6-4(2)5/h4*6H,4-5H2,1-3H3;3H2,1-2H3. The molecule has 0 aromatic carbocycles. The molecule has 0 saturated carbocycles. The molecular formula is C28H64O2. The molecule has 0 aromatic rings. The van der Waals surface area contributed by atoms with Gasteiger partial charge in [0.15, 0.2) is 0 Å². The van der Waals surface area contributed by atoms with Crippen molar-refractivity contribution in [2.75, 3.05) is 6.61 Å². The van der Waals surface area contributed by atoms with Crippen LogP contribution >= 0.6 is 0 Å². The van der Waals surface area contributed by atoms with E-state index in [1.54, 1.807) is 6.92 Å². The van der Waals surface area contributed by atoms with Crippen LogP contribution in [0.4, 0.5) is 0 Å². The van der Waals surface area contributed by atoms with Crippen LogP contribution in [0.5, 0.6) is 0 Å². The molecule has 0 fully saturated rings. The Bertz CT molecular complexity index is 228. The van der Waals surface area contributed by atoms with Crippen LogP contribution in [-0.4, -0.2) is 12.6 Å². The van der Waals surface area contributed by atoms with Gasteiger partial charge in [0.25, 0.3) is 0 Å². The smallest absolute Gasteiger partial charge is 0.302 e. The number of rotatable bonds is 9. The second-order valence-electron chi connectivity index (χ2n) is 9.65. The first kappa shape index (κ1) is 39.9. The molecule has 0 heterocycles. The van der Waals surface area contributed by atoms with Crippen molar-refractivity contribution in [2.45, 2.75) is 148 Å². The molecule has 0 aliphatic carbocycles. The summed E-state index contributed by atoms with van der Waals surface area (Å²) in [5, 5.41) is 0. The molecule has 0 aliphatic rings. The molecule has 0 spiro atoms. The number of hydrogen-bond acceptors (Lipinski definition) is 2. The van der Waals surface area contributed by atoms with Crippen molar-refractivity contribution < 1.29 is 9.53 Å². The maximum atomic E-state index is 9.82. The highest BCUT2D eigenvalue weighted by molar-refractivity contribution is 5.65. The summed E-state index contributed by atoms with van der Waals surface area (Å²) < 4.78 is 4.40. The average Bonchev–Trinajstić information content (AvgIpc) is 2.56. The highest BCUT2D eigenvalue weighted by atomic mass is 16.5. The minimum absolute atomic E-state index is 0.211. The molecule has 188 valence electrons. The summed E-state index contributed by atoms with van der Waals surface area (Å²) in [6.07, 6.45) is 10.8. The van der Waals surface area contributed by atoms with Crippen molar-refractivity contribution in [1.29, 1.82) is 0 Å². The summed E-state index contributed by atoms with van der Waals surface area (Å²) in [5.74, 6) is 3.38. The molecule has 2 nitrogen and oxygen atoms in total. The van der Waals surface area contributed by atoms with Gasteiger partial charge < -0.3 is 4.74 Å². The van der Waals surface area contributed by atoms with Crippen LogP contribution < -0.4 is 0 Å². The Balaban J connectivity index is -0.0000000868. The number of ether oxygens (including phenoxy) is 1. The third-order valence-corrected chi connectivity index (χ3v) is 3.81. The van der Waals surface area contributed by atoms with E-state index in [-0.39, 0.29) is 5.97 Å². The quantitative estimate of drug-likeness (QED) is 0.339. The molecule has 0 radical (unpaired) electrons. The number of hydrogen-bond donors (Lipinski definition) is 0. The minimum Gasteiger partial charge on any atom is -0.466 e. The fourth-order valence-corrected chi connectivity index (χ4v) is 2.51. The lowest BCUT2D eigenvalue weighted by atomic mass is 10.1. The van der Waals surface area contributed by atoms with E-state index in [2.05, 4.69) is 87.8 Å². The first-order valence-electron chi connectivity index (χ1n) is 13.0. The Morgan fingerprint density at radius 1 is 0.533 bits per heavy atom. The van der Waals surface area contributed by atoms with Gasteiger partial charge in [0.1, 0.15) is 0 Å². The summed E-state index contributed by atoms with van der Waals surface area (Å²) in [6.45, 7) is 30.6. The third-order valence-electron chi connectivity index (χ3n) is 3.81. The molecule has 0 amide bonds. The van der Waals surface area contributed by atoms with Crippen LogP contribution in [0.1, 0.15) is 148 Å². The molecular weight excluding hydrogens is 368 g/mol. The predicted molar refractivity (Wildman–Crippen MR) is 141 cm³/mol. The summed E-state index contributed by atoms with van der Waals surface area (Å²) in [5.41, 5.74) is 0. The molecule has 0 atom stereocenters. The van der Waals surface area contributed by atoms with Gasteiger partial charge in [-0.1, -0.05) is 134 Å². The van der Waals surface area contributed by atoms with Crippen molar-refractivity contribution in [3.63, 3.8) is 0 Å². The molecule has 0 unspecified atom stereocenters. The molecule has 0 saturated heterocycles. The third kappa shape index (κ3) is 91.9. The second kappa shape index (κ2) is 35.9. The van der Waals surface area contributed by atoms with E-state index in [1.807, 2.05) is 0 Å². The van der Waals surface area contributed by atoms with Crippen LogP contribution in [0.3, 0.4) is 0 Å². The van der Waals surface area contributed by atoms with Crippen molar-refractivity contribution in [3.8, 4) is 0 Å². The van der Waals surface area contributed by atoms with Crippen LogP contribution in [0.25, 0.3) is 0 Å². The van der Waals surface area contributed by atoms with E-state index in [9.17, 15) is 4.79 Å². The zero-order valence-corrected chi connectivity index (χ0v) is 24.0. The Morgan fingerprint density at radius 2 is 0.733 bits per heavy atom. The zero-order valence-electron chi connectivity index (χ0n) is 24.0. The number of esters is 1. The van der Waals surface area contributed by atoms with Gasteiger partial charge in [0.05, 0.1) is 6.61 Å². The summed E-state index contributed by atoms with van der Waals surface area (Å²) in [7, 11) is 0. The normalized spacial score (nSPS) is 9.53. The van der Waals surface area contributed by atoms with Crippen molar-refractivity contribution in [1.82, 2.24) is 0 Å². The molecule has 0 aromatic heterocycles. The Kier molecular flexibility index (Phi) is 47.7. The van der Waals surface area contributed by atoms with E-state index >= 15 is 0 Å². The van der Waals surface area contributed by atoms with E-state index in [0.29, 0.717) is 6.61 Å². The average molecular weight is 433 g/mol. The lowest BCUT2D eigenvalue weighted by Gasteiger charge is -1.95. The Hall–Kier alpha value is -0.530. The van der Waals surface area contributed by atoms with Crippen LogP contribution in [0, 0.1) is 23.7 Å². The number of carbonyl (C=O) groups is 1. The van der Waals surface area contributed by atoms with E-state index in [0.717, 1.165) is 23.7 Å². The van der Waals surface area contributed by atoms with Gasteiger partial charge in [0.2, 0.25) is 0 Å². The van der Waals surface area contributed by atoms with Gasteiger partial charge in [0, 0.05) is 6.92 Å². The first-order valence-corrected chi connectivity index (χ1v) is 13.0. The van der Waals surface area contributed by atoms with Gasteiger partial charge in [-0.3, -0.25) is 4.79 Å². The minimum atomic E-state index is -0.211. The van der Waals surface area contributed by atoms with Gasteiger partial charge in [-0.2, -0.15) is 0 Å². The molecule has 0 bridgehead atoms. The SMILES string of the molecule is CCCC(C)C.CCCC(C)C.CCCC(C)C.CCCC(C)C.CCOC(C)=O. The first-order chi connectivity index (χ1) is 13.9. The van der Waals surface area contributed by atoms with Crippen molar-refractivity contribution in [3.05, 3.63) is 0 Å². The molecule has 0 N–H and O–H groups in total. The Morgan fingerprint density at radius 3 is 0.733 bits per heavy atom. The van der Waals surface area contributed by atoms with E-state index < -0.39 is 0 Å².